The molecule has 2 aromatic carbocycles. The highest BCUT2D eigenvalue weighted by atomic mass is 79.9. The quantitative estimate of drug-likeness (QED) is 0.782. The Labute approximate surface area is 132 Å². The van der Waals surface area contributed by atoms with Crippen LogP contribution in [0.15, 0.2) is 46.9 Å². The Hall–Kier alpha value is -0.900. The van der Waals surface area contributed by atoms with E-state index in [0.717, 1.165) is 22.1 Å². The number of nitrogens with one attached hydrogen (secondary N) is 1. The topological polar surface area (TPSA) is 12.0 Å². The standard InChI is InChI=1S/C16H16BrClFN/c1-2-20-15(11-5-3-7-13(17)9-11)10-12-6-4-8-14(19)16(12)18/h3-9,15,20H,2,10H2,1H3. The predicted molar refractivity (Wildman–Crippen MR) is 85.7 cm³/mol. The van der Waals surface area contributed by atoms with Gasteiger partial charge in [0.15, 0.2) is 0 Å². The SMILES string of the molecule is CCNC(Cc1cccc(F)c1Cl)c1cccc(Br)c1. The zero-order valence-corrected chi connectivity index (χ0v) is 13.5. The second-order valence-corrected chi connectivity index (χ2v) is 5.88. The van der Waals surface area contributed by atoms with E-state index in [-0.39, 0.29) is 16.9 Å². The third kappa shape index (κ3) is 3.81. The molecule has 0 radical (unpaired) electrons. The van der Waals surface area contributed by atoms with Gasteiger partial charge in [-0.1, -0.05) is 58.7 Å². The number of hydrogen-bond acceptors (Lipinski definition) is 1. The summed E-state index contributed by atoms with van der Waals surface area (Å²) in [7, 11) is 0. The minimum atomic E-state index is -0.367. The highest BCUT2D eigenvalue weighted by molar-refractivity contribution is 9.10. The summed E-state index contributed by atoms with van der Waals surface area (Å²) in [5, 5.41) is 3.63. The maximum absolute atomic E-state index is 13.5. The average Bonchev–Trinajstić information content (AvgIpc) is 2.43. The number of benzene rings is 2. The van der Waals surface area contributed by atoms with Crippen LogP contribution in [0.3, 0.4) is 0 Å². The van der Waals surface area contributed by atoms with E-state index < -0.39 is 0 Å². The van der Waals surface area contributed by atoms with E-state index in [1.807, 2.05) is 18.2 Å². The van der Waals surface area contributed by atoms with Gasteiger partial charge >= 0.3 is 0 Å². The summed E-state index contributed by atoms with van der Waals surface area (Å²) in [6, 6.07) is 13.2. The first-order valence-electron chi connectivity index (χ1n) is 6.53. The van der Waals surface area contributed by atoms with Gasteiger partial charge < -0.3 is 5.32 Å². The van der Waals surface area contributed by atoms with Crippen molar-refractivity contribution >= 4 is 27.5 Å². The molecule has 20 heavy (non-hydrogen) atoms. The minimum Gasteiger partial charge on any atom is -0.310 e. The van der Waals surface area contributed by atoms with E-state index in [0.29, 0.717) is 6.42 Å². The molecule has 0 heterocycles. The highest BCUT2D eigenvalue weighted by Gasteiger charge is 2.14. The lowest BCUT2D eigenvalue weighted by Crippen LogP contribution is -2.23. The number of likely N-dealkylation sites (N-methyl/N-ethyl adjacent to an activating group) is 1. The number of hydrogen-bond donors (Lipinski definition) is 1. The Morgan fingerprint density at radius 2 is 2.00 bits per heavy atom. The van der Waals surface area contributed by atoms with Crippen molar-refractivity contribution in [2.24, 2.45) is 0 Å². The summed E-state index contributed by atoms with van der Waals surface area (Å²) in [5.74, 6) is -0.367. The van der Waals surface area contributed by atoms with Gasteiger partial charge in [-0.05, 0) is 42.3 Å². The number of rotatable bonds is 5. The van der Waals surface area contributed by atoms with Crippen LogP contribution in [0.4, 0.5) is 4.39 Å². The molecule has 0 aliphatic rings. The second-order valence-electron chi connectivity index (χ2n) is 4.58. The smallest absolute Gasteiger partial charge is 0.142 e. The van der Waals surface area contributed by atoms with Crippen molar-refractivity contribution in [2.45, 2.75) is 19.4 Å². The van der Waals surface area contributed by atoms with Crippen LogP contribution in [-0.2, 0) is 6.42 Å². The van der Waals surface area contributed by atoms with Crippen molar-refractivity contribution in [2.75, 3.05) is 6.54 Å². The molecule has 1 nitrogen and oxygen atoms in total. The van der Waals surface area contributed by atoms with Gasteiger partial charge in [0.05, 0.1) is 5.02 Å². The van der Waals surface area contributed by atoms with Crippen LogP contribution >= 0.6 is 27.5 Å². The molecular formula is C16H16BrClFN. The largest absolute Gasteiger partial charge is 0.310 e. The second kappa shape index (κ2) is 7.21. The monoisotopic (exact) mass is 355 g/mol. The molecule has 0 aliphatic carbocycles. The Morgan fingerprint density at radius 1 is 1.25 bits per heavy atom. The average molecular weight is 357 g/mol. The first-order chi connectivity index (χ1) is 9.61. The zero-order valence-electron chi connectivity index (χ0n) is 11.2. The van der Waals surface area contributed by atoms with Gasteiger partial charge in [-0.25, -0.2) is 4.39 Å². The lowest BCUT2D eigenvalue weighted by Gasteiger charge is -2.19. The predicted octanol–water partition coefficient (Wildman–Crippen LogP) is 5.13. The maximum atomic E-state index is 13.5. The lowest BCUT2D eigenvalue weighted by atomic mass is 9.98. The molecule has 1 atom stereocenters. The van der Waals surface area contributed by atoms with Crippen molar-refractivity contribution in [3.63, 3.8) is 0 Å². The van der Waals surface area contributed by atoms with Crippen LogP contribution in [0.1, 0.15) is 24.1 Å². The first-order valence-corrected chi connectivity index (χ1v) is 7.70. The first kappa shape index (κ1) is 15.5. The molecule has 2 aromatic rings. The molecule has 1 unspecified atom stereocenters. The molecule has 106 valence electrons. The van der Waals surface area contributed by atoms with Gasteiger partial charge in [-0.2, -0.15) is 0 Å². The summed E-state index contributed by atoms with van der Waals surface area (Å²) in [6.07, 6.45) is 0.654. The van der Waals surface area contributed by atoms with Gasteiger partial charge in [0.2, 0.25) is 0 Å². The Bertz CT molecular complexity index is 588. The van der Waals surface area contributed by atoms with Crippen molar-refractivity contribution in [3.8, 4) is 0 Å². The maximum Gasteiger partial charge on any atom is 0.142 e. The van der Waals surface area contributed by atoms with E-state index in [1.165, 1.54) is 6.07 Å². The van der Waals surface area contributed by atoms with Crippen molar-refractivity contribution < 1.29 is 4.39 Å². The number of halogens is 3. The fourth-order valence-corrected chi connectivity index (χ4v) is 2.82. The Balaban J connectivity index is 2.28. The van der Waals surface area contributed by atoms with E-state index in [9.17, 15) is 4.39 Å². The molecule has 0 aliphatic heterocycles. The van der Waals surface area contributed by atoms with E-state index >= 15 is 0 Å². The molecule has 0 aromatic heterocycles. The third-order valence-corrected chi connectivity index (χ3v) is 4.07. The van der Waals surface area contributed by atoms with Crippen LogP contribution < -0.4 is 5.32 Å². The van der Waals surface area contributed by atoms with Crippen molar-refractivity contribution in [1.29, 1.82) is 0 Å². The van der Waals surface area contributed by atoms with Crippen LogP contribution in [0.2, 0.25) is 5.02 Å². The summed E-state index contributed by atoms with van der Waals surface area (Å²) in [4.78, 5) is 0. The minimum absolute atomic E-state index is 0.108. The molecule has 0 spiro atoms. The summed E-state index contributed by atoms with van der Waals surface area (Å²) in [6.45, 7) is 2.89. The Kier molecular flexibility index (Phi) is 5.58. The van der Waals surface area contributed by atoms with Crippen LogP contribution in [-0.4, -0.2) is 6.54 Å². The van der Waals surface area contributed by atoms with Crippen LogP contribution in [0.5, 0.6) is 0 Å². The molecule has 2 rings (SSSR count). The summed E-state index contributed by atoms with van der Waals surface area (Å²) < 4.78 is 14.6. The third-order valence-electron chi connectivity index (χ3n) is 3.16. The van der Waals surface area contributed by atoms with Gasteiger partial charge in [-0.3, -0.25) is 0 Å². The van der Waals surface area contributed by atoms with Gasteiger partial charge in [0.25, 0.3) is 0 Å². The molecular weight excluding hydrogens is 341 g/mol. The summed E-state index contributed by atoms with van der Waals surface area (Å²) in [5.41, 5.74) is 1.97. The highest BCUT2D eigenvalue weighted by Crippen LogP contribution is 2.26. The van der Waals surface area contributed by atoms with Crippen molar-refractivity contribution in [1.82, 2.24) is 5.32 Å². The fourth-order valence-electron chi connectivity index (χ4n) is 2.20. The molecule has 0 saturated carbocycles. The summed E-state index contributed by atoms with van der Waals surface area (Å²) >= 11 is 9.52. The van der Waals surface area contributed by atoms with Gasteiger partial charge in [-0.15, -0.1) is 0 Å². The molecule has 0 amide bonds. The fraction of sp³-hybridized carbons (Fsp3) is 0.250. The molecule has 4 heteroatoms. The van der Waals surface area contributed by atoms with Crippen LogP contribution in [0.25, 0.3) is 0 Å². The van der Waals surface area contributed by atoms with E-state index in [1.54, 1.807) is 6.07 Å². The van der Waals surface area contributed by atoms with Gasteiger partial charge in [0.1, 0.15) is 5.82 Å². The van der Waals surface area contributed by atoms with Gasteiger partial charge in [0, 0.05) is 10.5 Å². The molecule has 0 bridgehead atoms. The molecule has 0 fully saturated rings. The lowest BCUT2D eigenvalue weighted by molar-refractivity contribution is 0.546. The molecule has 1 N–H and O–H groups in total. The zero-order chi connectivity index (χ0) is 14.5. The molecule has 0 saturated heterocycles. The van der Waals surface area contributed by atoms with Crippen LogP contribution in [0, 0.1) is 5.82 Å². The van der Waals surface area contributed by atoms with E-state index in [4.69, 9.17) is 11.6 Å². The van der Waals surface area contributed by atoms with Crippen molar-refractivity contribution in [3.05, 3.63) is 68.9 Å². The Morgan fingerprint density at radius 3 is 2.70 bits per heavy atom. The van der Waals surface area contributed by atoms with E-state index in [2.05, 4.69) is 40.3 Å². The normalized spacial score (nSPS) is 12.4.